The van der Waals surface area contributed by atoms with Crippen LogP contribution in [0.5, 0.6) is 0 Å². The molecule has 6 nitrogen and oxygen atoms in total. The minimum absolute atomic E-state index is 0.0263. The second-order valence-corrected chi connectivity index (χ2v) is 8.69. The van der Waals surface area contributed by atoms with Gasteiger partial charge in [-0.3, -0.25) is 0 Å². The van der Waals surface area contributed by atoms with Gasteiger partial charge in [-0.05, 0) is 31.0 Å². The number of hydrogen-bond donors (Lipinski definition) is 1. The van der Waals surface area contributed by atoms with E-state index in [1.54, 1.807) is 4.90 Å². The average molecular weight is 356 g/mol. The second kappa shape index (κ2) is 6.33. The van der Waals surface area contributed by atoms with Crippen LogP contribution in [0.1, 0.15) is 19.8 Å². The van der Waals surface area contributed by atoms with Gasteiger partial charge >= 0.3 is 6.03 Å². The van der Waals surface area contributed by atoms with Crippen molar-refractivity contribution < 1.29 is 22.3 Å². The number of anilines is 1. The maximum atomic E-state index is 13.5. The second-order valence-electron chi connectivity index (χ2n) is 6.45. The number of nitrogens with one attached hydrogen (secondary N) is 1. The van der Waals surface area contributed by atoms with Gasteiger partial charge in [0.05, 0.1) is 22.9 Å². The van der Waals surface area contributed by atoms with Gasteiger partial charge in [-0.25, -0.2) is 17.6 Å². The van der Waals surface area contributed by atoms with E-state index in [1.165, 1.54) is 13.0 Å². The fourth-order valence-electron chi connectivity index (χ4n) is 3.29. The summed E-state index contributed by atoms with van der Waals surface area (Å²) in [7, 11) is -3.64. The molecular weight excluding hydrogens is 335 g/mol. The normalized spacial score (nSPS) is 23.8. The Morgan fingerprint density at radius 3 is 2.88 bits per heavy atom. The quantitative estimate of drug-likeness (QED) is 0.901. The first kappa shape index (κ1) is 17.2. The molecule has 3 rings (SSSR count). The van der Waals surface area contributed by atoms with Crippen LogP contribution in [0.2, 0.25) is 0 Å². The van der Waals surface area contributed by atoms with Crippen LogP contribution >= 0.6 is 0 Å². The summed E-state index contributed by atoms with van der Waals surface area (Å²) in [5, 5.41) is 2.63. The number of hydrogen-bond acceptors (Lipinski definition) is 4. The van der Waals surface area contributed by atoms with E-state index in [0.29, 0.717) is 26.3 Å². The zero-order valence-corrected chi connectivity index (χ0v) is 14.4. The van der Waals surface area contributed by atoms with Crippen molar-refractivity contribution in [2.24, 2.45) is 5.41 Å². The molecule has 24 heavy (non-hydrogen) atoms. The first-order valence-electron chi connectivity index (χ1n) is 8.01. The van der Waals surface area contributed by atoms with Crippen LogP contribution in [-0.2, 0) is 14.6 Å². The minimum Gasteiger partial charge on any atom is -0.381 e. The molecule has 1 N–H and O–H groups in total. The predicted molar refractivity (Wildman–Crippen MR) is 87.2 cm³/mol. The lowest BCUT2D eigenvalue weighted by Crippen LogP contribution is -2.35. The molecular formula is C16H21FN2O4S. The zero-order valence-electron chi connectivity index (χ0n) is 13.5. The van der Waals surface area contributed by atoms with Crippen LogP contribution in [0.15, 0.2) is 23.1 Å². The number of carbonyl (C=O) groups is 1. The van der Waals surface area contributed by atoms with E-state index in [9.17, 15) is 17.6 Å². The summed E-state index contributed by atoms with van der Waals surface area (Å²) in [6, 6.07) is 3.02. The molecule has 2 heterocycles. The first-order chi connectivity index (χ1) is 11.4. The summed E-state index contributed by atoms with van der Waals surface area (Å²) in [6.45, 7) is 4.05. The highest BCUT2D eigenvalue weighted by Gasteiger charge is 2.42. The third-order valence-electron chi connectivity index (χ3n) is 4.81. The smallest absolute Gasteiger partial charge is 0.321 e. The lowest BCUT2D eigenvalue weighted by atomic mass is 9.87. The van der Waals surface area contributed by atoms with Crippen LogP contribution in [-0.4, -0.2) is 51.4 Å². The first-order valence-corrected chi connectivity index (χ1v) is 9.66. The summed E-state index contributed by atoms with van der Waals surface area (Å²) in [4.78, 5) is 14.0. The lowest BCUT2D eigenvalue weighted by Gasteiger charge is -2.22. The minimum atomic E-state index is -3.64. The van der Waals surface area contributed by atoms with Gasteiger partial charge in [0.15, 0.2) is 9.84 Å². The van der Waals surface area contributed by atoms with Crippen LogP contribution in [0.3, 0.4) is 0 Å². The van der Waals surface area contributed by atoms with Crippen molar-refractivity contribution in [2.45, 2.75) is 24.7 Å². The molecule has 0 aromatic heterocycles. The summed E-state index contributed by atoms with van der Waals surface area (Å²) in [6.07, 6.45) is 1.81. The summed E-state index contributed by atoms with van der Waals surface area (Å²) in [5.41, 5.74) is 0.144. The molecule has 0 aliphatic carbocycles. The Bertz CT molecular complexity index is 744. The van der Waals surface area contributed by atoms with E-state index >= 15 is 0 Å². The van der Waals surface area contributed by atoms with E-state index in [-0.39, 0.29) is 27.8 Å². The Hall–Kier alpha value is -1.67. The molecule has 132 valence electrons. The molecule has 0 radical (unpaired) electrons. The van der Waals surface area contributed by atoms with Gasteiger partial charge < -0.3 is 15.0 Å². The lowest BCUT2D eigenvalue weighted by molar-refractivity contribution is 0.154. The van der Waals surface area contributed by atoms with Gasteiger partial charge in [0.2, 0.25) is 0 Å². The van der Waals surface area contributed by atoms with Gasteiger partial charge in [-0.15, -0.1) is 0 Å². The van der Waals surface area contributed by atoms with Crippen molar-refractivity contribution in [3.63, 3.8) is 0 Å². The van der Waals surface area contributed by atoms with Crippen LogP contribution in [0.25, 0.3) is 0 Å². The van der Waals surface area contributed by atoms with Crippen molar-refractivity contribution in [3.8, 4) is 0 Å². The fourth-order valence-corrected chi connectivity index (χ4v) is 4.34. The van der Waals surface area contributed by atoms with Crippen molar-refractivity contribution in [1.29, 1.82) is 0 Å². The molecule has 8 heteroatoms. The number of nitrogens with zero attached hydrogens (tertiary/aromatic N) is 1. The number of sulfone groups is 1. The van der Waals surface area contributed by atoms with E-state index in [1.807, 2.05) is 0 Å². The van der Waals surface area contributed by atoms with Crippen LogP contribution in [0, 0.1) is 11.2 Å². The maximum absolute atomic E-state index is 13.5. The number of halogens is 1. The molecule has 1 unspecified atom stereocenters. The summed E-state index contributed by atoms with van der Waals surface area (Å²) >= 11 is 0. The standard InChI is InChI=1S/C16H21FN2O4S/c1-2-24(21,22)14-9-12(17)3-4-13(14)18-15(20)19-7-5-16(10-19)6-8-23-11-16/h3-4,9H,2,5-8,10-11H2,1H3,(H,18,20). The molecule has 0 saturated carbocycles. The van der Waals surface area contributed by atoms with E-state index < -0.39 is 15.7 Å². The van der Waals surface area contributed by atoms with Gasteiger partial charge in [0, 0.05) is 25.1 Å². The fraction of sp³-hybridized carbons (Fsp3) is 0.562. The molecule has 0 bridgehead atoms. The molecule has 1 aromatic rings. The SMILES string of the molecule is CCS(=O)(=O)c1cc(F)ccc1NC(=O)N1CCC2(CCOC2)C1. The molecule has 2 aliphatic rings. The third kappa shape index (κ3) is 3.25. The van der Waals surface area contributed by atoms with Crippen molar-refractivity contribution in [1.82, 2.24) is 4.90 Å². The highest BCUT2D eigenvalue weighted by atomic mass is 32.2. The largest absolute Gasteiger partial charge is 0.381 e. The maximum Gasteiger partial charge on any atom is 0.321 e. The van der Waals surface area contributed by atoms with Crippen molar-refractivity contribution >= 4 is 21.6 Å². The van der Waals surface area contributed by atoms with Crippen LogP contribution < -0.4 is 5.32 Å². The third-order valence-corrected chi connectivity index (χ3v) is 6.58. The Morgan fingerprint density at radius 2 is 2.21 bits per heavy atom. The van der Waals surface area contributed by atoms with Gasteiger partial charge in [-0.2, -0.15) is 0 Å². The molecule has 2 aliphatic heterocycles. The Labute approximate surface area is 140 Å². The average Bonchev–Trinajstić information content (AvgIpc) is 3.19. The highest BCUT2D eigenvalue weighted by Crippen LogP contribution is 2.38. The van der Waals surface area contributed by atoms with Gasteiger partial charge in [0.25, 0.3) is 0 Å². The molecule has 2 amide bonds. The topological polar surface area (TPSA) is 75.7 Å². The Balaban J connectivity index is 1.78. The van der Waals surface area contributed by atoms with E-state index in [2.05, 4.69) is 5.32 Å². The number of benzene rings is 1. The van der Waals surface area contributed by atoms with Crippen molar-refractivity contribution in [3.05, 3.63) is 24.0 Å². The highest BCUT2D eigenvalue weighted by molar-refractivity contribution is 7.91. The molecule has 2 saturated heterocycles. The van der Waals surface area contributed by atoms with Crippen molar-refractivity contribution in [2.75, 3.05) is 37.4 Å². The number of likely N-dealkylation sites (tertiary alicyclic amines) is 1. The number of rotatable bonds is 3. The predicted octanol–water partition coefficient (Wildman–Crippen LogP) is 2.26. The number of carbonyl (C=O) groups excluding carboxylic acids is 1. The number of ether oxygens (including phenoxy) is 1. The number of amides is 2. The van der Waals surface area contributed by atoms with Gasteiger partial charge in [-0.1, -0.05) is 6.92 Å². The molecule has 1 atom stereocenters. The van der Waals surface area contributed by atoms with E-state index in [0.717, 1.165) is 25.0 Å². The molecule has 1 aromatic carbocycles. The monoisotopic (exact) mass is 356 g/mol. The zero-order chi connectivity index (χ0) is 17.4. The number of urea groups is 1. The summed E-state index contributed by atoms with van der Waals surface area (Å²) < 4.78 is 43.2. The Kier molecular flexibility index (Phi) is 4.52. The summed E-state index contributed by atoms with van der Waals surface area (Å²) in [5.74, 6) is -0.813. The Morgan fingerprint density at radius 1 is 1.42 bits per heavy atom. The van der Waals surface area contributed by atoms with Crippen LogP contribution in [0.4, 0.5) is 14.9 Å². The molecule has 1 spiro atoms. The molecule has 2 fully saturated rings. The van der Waals surface area contributed by atoms with Gasteiger partial charge in [0.1, 0.15) is 5.82 Å². The van der Waals surface area contributed by atoms with E-state index in [4.69, 9.17) is 4.74 Å².